The predicted molar refractivity (Wildman–Crippen MR) is 70.7 cm³/mol. The summed E-state index contributed by atoms with van der Waals surface area (Å²) in [5.41, 5.74) is 2.99. The van der Waals surface area contributed by atoms with Crippen LogP contribution in [0.1, 0.15) is 29.2 Å². The summed E-state index contributed by atoms with van der Waals surface area (Å²) in [4.78, 5) is 1.44. The van der Waals surface area contributed by atoms with Crippen molar-refractivity contribution >= 4 is 16.9 Å². The summed E-state index contributed by atoms with van der Waals surface area (Å²) < 4.78 is 0. The summed E-state index contributed by atoms with van der Waals surface area (Å²) in [5.74, 6) is 0.611. The summed E-state index contributed by atoms with van der Waals surface area (Å²) in [6.07, 6.45) is 4.88. The Bertz CT molecular complexity index is 479. The molecule has 1 atom stereocenters. The molecule has 80 valence electrons. The van der Waals surface area contributed by atoms with E-state index in [4.69, 9.17) is 0 Å². The summed E-state index contributed by atoms with van der Waals surface area (Å²) in [6.45, 7) is 0. The maximum absolute atomic E-state index is 2.41. The minimum absolute atomic E-state index is 0.611. The van der Waals surface area contributed by atoms with Gasteiger partial charge < -0.3 is 0 Å². The second-order valence-corrected chi connectivity index (χ2v) is 5.13. The third-order valence-electron chi connectivity index (χ3n) is 3.20. The van der Waals surface area contributed by atoms with Gasteiger partial charge in [-0.3, -0.25) is 0 Å². The van der Waals surface area contributed by atoms with Crippen LogP contribution in [0.3, 0.4) is 0 Å². The van der Waals surface area contributed by atoms with Gasteiger partial charge in [0.2, 0.25) is 0 Å². The van der Waals surface area contributed by atoms with Gasteiger partial charge in [-0.15, -0.1) is 11.3 Å². The highest BCUT2D eigenvalue weighted by Crippen LogP contribution is 2.42. The van der Waals surface area contributed by atoms with Crippen molar-refractivity contribution in [3.8, 4) is 0 Å². The van der Waals surface area contributed by atoms with Gasteiger partial charge in [0.1, 0.15) is 0 Å². The molecule has 0 saturated heterocycles. The van der Waals surface area contributed by atoms with Gasteiger partial charge in [-0.25, -0.2) is 0 Å². The molecule has 1 aliphatic carbocycles. The van der Waals surface area contributed by atoms with Gasteiger partial charge in [-0.1, -0.05) is 42.5 Å². The molecule has 0 N–H and O–H groups in total. The van der Waals surface area contributed by atoms with Crippen LogP contribution >= 0.6 is 11.3 Å². The Hall–Kier alpha value is -1.34. The molecule has 0 bridgehead atoms. The zero-order valence-corrected chi connectivity index (χ0v) is 9.91. The first-order valence-corrected chi connectivity index (χ1v) is 6.62. The van der Waals surface area contributed by atoms with Crippen molar-refractivity contribution in [3.63, 3.8) is 0 Å². The lowest BCUT2D eigenvalue weighted by Crippen LogP contribution is -1.95. The SMILES string of the molecule is C1=C(c2cccs2)C(c2ccccc2)CC1. The molecule has 1 aromatic carbocycles. The van der Waals surface area contributed by atoms with Crippen LogP contribution in [0.2, 0.25) is 0 Å². The van der Waals surface area contributed by atoms with Crippen molar-refractivity contribution in [1.29, 1.82) is 0 Å². The summed E-state index contributed by atoms with van der Waals surface area (Å²) in [5, 5.41) is 2.16. The molecule has 1 heterocycles. The van der Waals surface area contributed by atoms with E-state index in [1.807, 2.05) is 11.3 Å². The molecule has 3 rings (SSSR count). The standard InChI is InChI=1S/C15H14S/c1-2-6-12(7-3-1)13-8-4-9-14(13)15-10-5-11-16-15/h1-3,5-7,9-11,13H,4,8H2. The molecular formula is C15H14S. The van der Waals surface area contributed by atoms with E-state index in [1.54, 1.807) is 0 Å². The topological polar surface area (TPSA) is 0 Å². The first-order chi connectivity index (χ1) is 7.95. The number of rotatable bonds is 2. The highest BCUT2D eigenvalue weighted by atomic mass is 32.1. The summed E-state index contributed by atoms with van der Waals surface area (Å²) in [6, 6.07) is 15.2. The van der Waals surface area contributed by atoms with Crippen LogP contribution in [0.5, 0.6) is 0 Å². The van der Waals surface area contributed by atoms with Crippen molar-refractivity contribution in [1.82, 2.24) is 0 Å². The van der Waals surface area contributed by atoms with Gasteiger partial charge in [0.15, 0.2) is 0 Å². The first kappa shape index (κ1) is 9.86. The molecule has 1 aliphatic rings. The van der Waals surface area contributed by atoms with Gasteiger partial charge in [0, 0.05) is 10.8 Å². The Labute approximate surface area is 100 Å². The van der Waals surface area contributed by atoms with E-state index in [0.29, 0.717) is 5.92 Å². The molecule has 1 unspecified atom stereocenters. The Kier molecular flexibility index (Phi) is 2.63. The van der Waals surface area contributed by atoms with Crippen LogP contribution in [0.4, 0.5) is 0 Å². The van der Waals surface area contributed by atoms with E-state index >= 15 is 0 Å². The minimum Gasteiger partial charge on any atom is -0.144 e. The zero-order valence-electron chi connectivity index (χ0n) is 9.10. The third-order valence-corrected chi connectivity index (χ3v) is 4.12. The number of thiophene rings is 1. The van der Waals surface area contributed by atoms with Gasteiger partial charge >= 0.3 is 0 Å². The number of allylic oxidation sites excluding steroid dienone is 2. The van der Waals surface area contributed by atoms with E-state index < -0.39 is 0 Å². The fourth-order valence-corrected chi connectivity index (χ4v) is 3.27. The normalized spacial score (nSPS) is 19.8. The Balaban J connectivity index is 1.96. The van der Waals surface area contributed by atoms with E-state index in [1.165, 1.54) is 28.9 Å². The first-order valence-electron chi connectivity index (χ1n) is 5.74. The molecule has 0 fully saturated rings. The van der Waals surface area contributed by atoms with Crippen LogP contribution in [-0.2, 0) is 0 Å². The van der Waals surface area contributed by atoms with Gasteiger partial charge in [-0.2, -0.15) is 0 Å². The number of hydrogen-bond acceptors (Lipinski definition) is 1. The van der Waals surface area contributed by atoms with Crippen LogP contribution in [0.25, 0.3) is 5.57 Å². The van der Waals surface area contributed by atoms with Crippen LogP contribution < -0.4 is 0 Å². The molecule has 0 aliphatic heterocycles. The van der Waals surface area contributed by atoms with Crippen molar-refractivity contribution in [3.05, 3.63) is 64.4 Å². The Morgan fingerprint density at radius 3 is 2.62 bits per heavy atom. The molecule has 1 aromatic heterocycles. The minimum atomic E-state index is 0.611. The maximum Gasteiger partial charge on any atom is 0.0305 e. The molecule has 0 radical (unpaired) electrons. The number of hydrogen-bond donors (Lipinski definition) is 0. The monoisotopic (exact) mass is 226 g/mol. The quantitative estimate of drug-likeness (QED) is 0.695. The van der Waals surface area contributed by atoms with Crippen LogP contribution in [-0.4, -0.2) is 0 Å². The Morgan fingerprint density at radius 1 is 1.00 bits per heavy atom. The van der Waals surface area contributed by atoms with Gasteiger partial charge in [0.25, 0.3) is 0 Å². The highest BCUT2D eigenvalue weighted by molar-refractivity contribution is 7.11. The van der Waals surface area contributed by atoms with Crippen LogP contribution in [0, 0.1) is 0 Å². The maximum atomic E-state index is 2.41. The second kappa shape index (κ2) is 4.26. The number of benzene rings is 1. The van der Waals surface area contributed by atoms with E-state index in [9.17, 15) is 0 Å². The molecule has 0 saturated carbocycles. The molecule has 16 heavy (non-hydrogen) atoms. The fourth-order valence-electron chi connectivity index (χ4n) is 2.45. The zero-order chi connectivity index (χ0) is 10.8. The molecule has 1 heteroatoms. The lowest BCUT2D eigenvalue weighted by Gasteiger charge is -2.14. The second-order valence-electron chi connectivity index (χ2n) is 4.18. The van der Waals surface area contributed by atoms with Crippen molar-refractivity contribution in [2.75, 3.05) is 0 Å². The van der Waals surface area contributed by atoms with Crippen molar-refractivity contribution in [2.45, 2.75) is 18.8 Å². The third kappa shape index (κ3) is 1.72. The fraction of sp³-hybridized carbons (Fsp3) is 0.200. The smallest absolute Gasteiger partial charge is 0.0305 e. The highest BCUT2D eigenvalue weighted by Gasteiger charge is 2.22. The lowest BCUT2D eigenvalue weighted by atomic mass is 9.92. The average molecular weight is 226 g/mol. The summed E-state index contributed by atoms with van der Waals surface area (Å²) in [7, 11) is 0. The molecule has 2 aromatic rings. The van der Waals surface area contributed by atoms with Crippen molar-refractivity contribution in [2.24, 2.45) is 0 Å². The molecule has 0 amide bonds. The molecular weight excluding hydrogens is 212 g/mol. The molecule has 0 nitrogen and oxygen atoms in total. The molecule has 0 spiro atoms. The van der Waals surface area contributed by atoms with Gasteiger partial charge in [0.05, 0.1) is 0 Å². The lowest BCUT2D eigenvalue weighted by molar-refractivity contribution is 0.812. The van der Waals surface area contributed by atoms with E-state index in [2.05, 4.69) is 53.9 Å². The van der Waals surface area contributed by atoms with E-state index in [0.717, 1.165) is 0 Å². The van der Waals surface area contributed by atoms with Gasteiger partial charge in [-0.05, 0) is 35.4 Å². The Morgan fingerprint density at radius 2 is 1.88 bits per heavy atom. The largest absolute Gasteiger partial charge is 0.144 e. The summed E-state index contributed by atoms with van der Waals surface area (Å²) >= 11 is 1.85. The van der Waals surface area contributed by atoms with Crippen molar-refractivity contribution < 1.29 is 0 Å². The van der Waals surface area contributed by atoms with Crippen LogP contribution in [0.15, 0.2) is 53.9 Å². The average Bonchev–Trinajstić information content (AvgIpc) is 3.01. The predicted octanol–water partition coefficient (Wildman–Crippen LogP) is 4.71. The van der Waals surface area contributed by atoms with E-state index in [-0.39, 0.29) is 0 Å².